The molecule has 0 atom stereocenters. The fourth-order valence-corrected chi connectivity index (χ4v) is 2.21. The predicted octanol–water partition coefficient (Wildman–Crippen LogP) is 3.08. The molecule has 17 heavy (non-hydrogen) atoms. The number of hydrogen-bond donors (Lipinski definition) is 1. The Bertz CT molecular complexity index is 413. The minimum absolute atomic E-state index is 0.104. The Kier molecular flexibility index (Phi) is 4.72. The summed E-state index contributed by atoms with van der Waals surface area (Å²) in [6.45, 7) is 10.4. The molecule has 0 aliphatic heterocycles. The van der Waals surface area contributed by atoms with Crippen LogP contribution in [0.4, 0.5) is 0 Å². The maximum atomic E-state index is 8.50. The minimum Gasteiger partial charge on any atom is -0.315 e. The summed E-state index contributed by atoms with van der Waals surface area (Å²) in [5.41, 5.74) is 4.14. The average molecular weight is 230 g/mol. The average Bonchev–Trinajstić information content (AvgIpc) is 2.24. The molecule has 0 bridgehead atoms. The van der Waals surface area contributed by atoms with E-state index in [9.17, 15) is 0 Å². The largest absolute Gasteiger partial charge is 0.315 e. The van der Waals surface area contributed by atoms with Crippen molar-refractivity contribution in [3.63, 3.8) is 0 Å². The zero-order valence-corrected chi connectivity index (χ0v) is 11.3. The summed E-state index contributed by atoms with van der Waals surface area (Å²) < 4.78 is 0. The first-order valence-electron chi connectivity index (χ1n) is 6.13. The summed E-state index contributed by atoms with van der Waals surface area (Å²) in [5, 5.41) is 11.8. The molecule has 1 aromatic carbocycles. The molecule has 1 rings (SSSR count). The molecule has 0 amide bonds. The molecule has 0 spiro atoms. The summed E-state index contributed by atoms with van der Waals surface area (Å²) in [4.78, 5) is 0. The Morgan fingerprint density at radius 2 is 2.00 bits per heavy atom. The number of aryl methyl sites for hydroxylation is 2. The second kappa shape index (κ2) is 5.84. The molecule has 92 valence electrons. The number of nitriles is 1. The van der Waals surface area contributed by atoms with Crippen LogP contribution < -0.4 is 5.32 Å². The van der Waals surface area contributed by atoms with Crippen LogP contribution in [0.2, 0.25) is 0 Å². The predicted molar refractivity (Wildman–Crippen MR) is 72.0 cm³/mol. The van der Waals surface area contributed by atoms with Gasteiger partial charge in [-0.1, -0.05) is 37.6 Å². The summed E-state index contributed by atoms with van der Waals surface area (Å²) in [6, 6.07) is 8.76. The van der Waals surface area contributed by atoms with Crippen LogP contribution in [0.1, 0.15) is 37.0 Å². The van der Waals surface area contributed by atoms with Crippen LogP contribution in [0, 0.1) is 25.2 Å². The van der Waals surface area contributed by atoms with Crippen LogP contribution in [-0.4, -0.2) is 13.1 Å². The fraction of sp³-hybridized carbons (Fsp3) is 0.533. The van der Waals surface area contributed by atoms with E-state index in [0.717, 1.165) is 13.1 Å². The van der Waals surface area contributed by atoms with Gasteiger partial charge >= 0.3 is 0 Å². The highest BCUT2D eigenvalue weighted by molar-refractivity contribution is 5.35. The molecule has 0 saturated heterocycles. The van der Waals surface area contributed by atoms with Crippen molar-refractivity contribution in [1.82, 2.24) is 5.32 Å². The highest BCUT2D eigenvalue weighted by Crippen LogP contribution is 2.26. The molecule has 1 aromatic rings. The van der Waals surface area contributed by atoms with E-state index in [1.807, 2.05) is 0 Å². The van der Waals surface area contributed by atoms with Gasteiger partial charge in [0.25, 0.3) is 0 Å². The second-order valence-corrected chi connectivity index (χ2v) is 5.29. The lowest BCUT2D eigenvalue weighted by Gasteiger charge is -2.27. The Labute approximate surface area is 105 Å². The molecular formula is C15H22N2. The molecule has 0 unspecified atom stereocenters. The Balaban J connectivity index is 2.72. The van der Waals surface area contributed by atoms with Crippen molar-refractivity contribution in [2.24, 2.45) is 0 Å². The Morgan fingerprint density at radius 3 is 2.59 bits per heavy atom. The van der Waals surface area contributed by atoms with Gasteiger partial charge in [-0.15, -0.1) is 0 Å². The molecule has 2 heteroatoms. The second-order valence-electron chi connectivity index (χ2n) is 5.29. The van der Waals surface area contributed by atoms with Gasteiger partial charge in [-0.3, -0.25) is 0 Å². The lowest BCUT2D eigenvalue weighted by Crippen LogP contribution is -2.34. The van der Waals surface area contributed by atoms with Gasteiger partial charge in [0.15, 0.2) is 0 Å². The summed E-state index contributed by atoms with van der Waals surface area (Å²) >= 11 is 0. The lowest BCUT2D eigenvalue weighted by atomic mass is 9.81. The van der Waals surface area contributed by atoms with Gasteiger partial charge in [-0.05, 0) is 25.0 Å². The molecule has 0 heterocycles. The minimum atomic E-state index is 0.104. The number of nitrogens with one attached hydrogen (secondary N) is 1. The summed E-state index contributed by atoms with van der Waals surface area (Å²) in [7, 11) is 0. The summed E-state index contributed by atoms with van der Waals surface area (Å²) in [6.07, 6.45) is 0.572. The number of benzene rings is 1. The zero-order valence-electron chi connectivity index (χ0n) is 11.3. The van der Waals surface area contributed by atoms with E-state index in [2.05, 4.69) is 57.3 Å². The van der Waals surface area contributed by atoms with Crippen molar-refractivity contribution in [2.45, 2.75) is 39.5 Å². The molecule has 1 N–H and O–H groups in total. The SMILES string of the molecule is Cc1ccc(C(C)(C)CNCCC#N)c(C)c1. The van der Waals surface area contributed by atoms with Gasteiger partial charge in [0.05, 0.1) is 6.07 Å². The smallest absolute Gasteiger partial charge is 0.0635 e. The third kappa shape index (κ3) is 3.87. The standard InChI is InChI=1S/C15H22N2/c1-12-6-7-14(13(2)10-12)15(3,4)11-17-9-5-8-16/h6-7,10,17H,5,9,11H2,1-4H3. The Morgan fingerprint density at radius 1 is 1.29 bits per heavy atom. The van der Waals surface area contributed by atoms with Crippen LogP contribution in [0.25, 0.3) is 0 Å². The first-order valence-corrected chi connectivity index (χ1v) is 6.13. The highest BCUT2D eigenvalue weighted by atomic mass is 14.9. The molecule has 0 aromatic heterocycles. The normalized spacial score (nSPS) is 11.2. The monoisotopic (exact) mass is 230 g/mol. The van der Waals surface area contributed by atoms with Crippen LogP contribution >= 0.6 is 0 Å². The van der Waals surface area contributed by atoms with E-state index < -0.39 is 0 Å². The number of hydrogen-bond acceptors (Lipinski definition) is 2. The molecule has 0 fully saturated rings. The van der Waals surface area contributed by atoms with Gasteiger partial charge in [-0.25, -0.2) is 0 Å². The lowest BCUT2D eigenvalue weighted by molar-refractivity contribution is 0.471. The van der Waals surface area contributed by atoms with Gasteiger partial charge in [0.2, 0.25) is 0 Å². The zero-order chi connectivity index (χ0) is 12.9. The summed E-state index contributed by atoms with van der Waals surface area (Å²) in [5.74, 6) is 0. The van der Waals surface area contributed by atoms with Gasteiger partial charge in [0, 0.05) is 24.9 Å². The van der Waals surface area contributed by atoms with Crippen molar-refractivity contribution in [1.29, 1.82) is 5.26 Å². The van der Waals surface area contributed by atoms with Gasteiger partial charge in [-0.2, -0.15) is 5.26 Å². The van der Waals surface area contributed by atoms with Crippen LogP contribution in [0.3, 0.4) is 0 Å². The van der Waals surface area contributed by atoms with E-state index in [1.165, 1.54) is 16.7 Å². The Hall–Kier alpha value is -1.33. The van der Waals surface area contributed by atoms with E-state index in [4.69, 9.17) is 5.26 Å². The molecule has 0 radical (unpaired) electrons. The van der Waals surface area contributed by atoms with Crippen molar-refractivity contribution in [2.75, 3.05) is 13.1 Å². The first-order chi connectivity index (χ1) is 7.97. The van der Waals surface area contributed by atoms with E-state index in [-0.39, 0.29) is 5.41 Å². The molecule has 0 aliphatic carbocycles. The molecule has 0 saturated carbocycles. The highest BCUT2D eigenvalue weighted by Gasteiger charge is 2.21. The third-order valence-corrected chi connectivity index (χ3v) is 3.09. The van der Waals surface area contributed by atoms with Crippen LogP contribution in [-0.2, 0) is 5.41 Å². The topological polar surface area (TPSA) is 35.8 Å². The van der Waals surface area contributed by atoms with E-state index >= 15 is 0 Å². The van der Waals surface area contributed by atoms with Crippen molar-refractivity contribution >= 4 is 0 Å². The molecule has 0 aliphatic rings. The van der Waals surface area contributed by atoms with Crippen molar-refractivity contribution < 1.29 is 0 Å². The molecule has 2 nitrogen and oxygen atoms in total. The fourth-order valence-electron chi connectivity index (χ4n) is 2.21. The quantitative estimate of drug-likeness (QED) is 0.789. The van der Waals surface area contributed by atoms with Crippen LogP contribution in [0.5, 0.6) is 0 Å². The van der Waals surface area contributed by atoms with Gasteiger partial charge < -0.3 is 5.32 Å². The van der Waals surface area contributed by atoms with Crippen LogP contribution in [0.15, 0.2) is 18.2 Å². The van der Waals surface area contributed by atoms with Crippen molar-refractivity contribution in [3.05, 3.63) is 34.9 Å². The van der Waals surface area contributed by atoms with E-state index in [0.29, 0.717) is 6.42 Å². The first kappa shape index (κ1) is 13.7. The number of nitrogens with zero attached hydrogens (tertiary/aromatic N) is 1. The number of rotatable bonds is 5. The van der Waals surface area contributed by atoms with Gasteiger partial charge in [0.1, 0.15) is 0 Å². The van der Waals surface area contributed by atoms with Crippen molar-refractivity contribution in [3.8, 4) is 6.07 Å². The molecular weight excluding hydrogens is 208 g/mol. The van der Waals surface area contributed by atoms with E-state index in [1.54, 1.807) is 0 Å². The maximum absolute atomic E-state index is 8.50. The third-order valence-electron chi connectivity index (χ3n) is 3.09. The maximum Gasteiger partial charge on any atom is 0.0635 e.